The molecule has 7 heteroatoms. The van der Waals surface area contributed by atoms with Gasteiger partial charge in [0.1, 0.15) is 23.0 Å². The van der Waals surface area contributed by atoms with Crippen LogP contribution in [0.3, 0.4) is 0 Å². The van der Waals surface area contributed by atoms with Crippen LogP contribution in [0.2, 0.25) is 0 Å². The molecule has 1 amide bonds. The second-order valence-corrected chi connectivity index (χ2v) is 6.24. The molecule has 2 fully saturated rings. The van der Waals surface area contributed by atoms with Gasteiger partial charge in [-0.25, -0.2) is 8.78 Å². The van der Waals surface area contributed by atoms with Crippen LogP contribution in [0.4, 0.5) is 8.78 Å². The SMILES string of the molecule is C=C1N[C@@]2(c3ccc(F)cc3F)CO[C@H](COC)C[C@H]2C(=O)N1C. The number of amides is 1. The van der Waals surface area contributed by atoms with E-state index in [0.717, 1.165) is 6.07 Å². The molecule has 0 bridgehead atoms. The van der Waals surface area contributed by atoms with Crippen molar-refractivity contribution in [1.82, 2.24) is 10.2 Å². The number of halogens is 2. The lowest BCUT2D eigenvalue weighted by Gasteiger charge is -2.52. The second kappa shape index (κ2) is 6.14. The van der Waals surface area contributed by atoms with Gasteiger partial charge < -0.3 is 19.7 Å². The number of hydrogen-bond donors (Lipinski definition) is 1. The van der Waals surface area contributed by atoms with Gasteiger partial charge in [-0.15, -0.1) is 0 Å². The first-order chi connectivity index (χ1) is 11.4. The first-order valence-corrected chi connectivity index (χ1v) is 7.70. The second-order valence-electron chi connectivity index (χ2n) is 6.24. The van der Waals surface area contributed by atoms with Crippen LogP contribution in [0.5, 0.6) is 0 Å². The van der Waals surface area contributed by atoms with Gasteiger partial charge in [0.15, 0.2) is 0 Å². The van der Waals surface area contributed by atoms with Gasteiger partial charge in [0.05, 0.1) is 25.2 Å². The summed E-state index contributed by atoms with van der Waals surface area (Å²) in [7, 11) is 3.17. The summed E-state index contributed by atoms with van der Waals surface area (Å²) >= 11 is 0. The van der Waals surface area contributed by atoms with Crippen LogP contribution in [0.25, 0.3) is 0 Å². The molecule has 2 aliphatic rings. The Balaban J connectivity index is 2.07. The van der Waals surface area contributed by atoms with E-state index >= 15 is 0 Å². The number of hydrogen-bond acceptors (Lipinski definition) is 4. The number of methoxy groups -OCH3 is 1. The van der Waals surface area contributed by atoms with Crippen LogP contribution in [0, 0.1) is 17.6 Å². The lowest BCUT2D eigenvalue weighted by Crippen LogP contribution is -2.66. The molecule has 24 heavy (non-hydrogen) atoms. The minimum Gasteiger partial charge on any atom is -0.382 e. The zero-order valence-electron chi connectivity index (χ0n) is 13.6. The Hall–Kier alpha value is -1.99. The monoisotopic (exact) mass is 338 g/mol. The predicted molar refractivity (Wildman–Crippen MR) is 82.8 cm³/mol. The molecule has 0 aliphatic carbocycles. The molecule has 130 valence electrons. The third-order valence-corrected chi connectivity index (χ3v) is 4.81. The number of carbonyl (C=O) groups is 1. The van der Waals surface area contributed by atoms with Crippen molar-refractivity contribution >= 4 is 5.91 Å². The standard InChI is InChI=1S/C17H20F2N2O3/c1-10-20-17(13-5-4-11(18)6-15(13)19)9-24-12(8-23-3)7-14(17)16(22)21(10)2/h4-6,12,14,20H,1,7-9H2,2-3H3/t12-,14-,17+/m0/s1. The molecule has 3 atom stereocenters. The number of nitrogens with zero attached hydrogens (tertiary/aromatic N) is 1. The third kappa shape index (κ3) is 2.57. The molecular weight excluding hydrogens is 318 g/mol. The summed E-state index contributed by atoms with van der Waals surface area (Å²) in [5.41, 5.74) is -0.907. The highest BCUT2D eigenvalue weighted by Crippen LogP contribution is 2.43. The van der Waals surface area contributed by atoms with Crippen molar-refractivity contribution in [3.8, 4) is 0 Å². The molecule has 0 radical (unpaired) electrons. The van der Waals surface area contributed by atoms with Crippen LogP contribution in [-0.2, 0) is 19.8 Å². The average molecular weight is 338 g/mol. The number of ether oxygens (including phenoxy) is 2. The highest BCUT2D eigenvalue weighted by molar-refractivity contribution is 5.83. The summed E-state index contributed by atoms with van der Waals surface area (Å²) in [6.07, 6.45) is 0.107. The molecule has 0 aromatic heterocycles. The summed E-state index contributed by atoms with van der Waals surface area (Å²) in [6, 6.07) is 3.35. The van der Waals surface area contributed by atoms with Crippen molar-refractivity contribution < 1.29 is 23.0 Å². The Morgan fingerprint density at radius 2 is 2.25 bits per heavy atom. The van der Waals surface area contributed by atoms with E-state index in [-0.39, 0.29) is 24.2 Å². The Morgan fingerprint density at radius 1 is 1.50 bits per heavy atom. The van der Waals surface area contributed by atoms with Crippen LogP contribution < -0.4 is 5.32 Å². The number of benzene rings is 1. The molecule has 3 rings (SSSR count). The van der Waals surface area contributed by atoms with Crippen molar-refractivity contribution in [3.63, 3.8) is 0 Å². The molecule has 0 saturated carbocycles. The Morgan fingerprint density at radius 3 is 2.92 bits per heavy atom. The number of nitrogens with one attached hydrogen (secondary N) is 1. The van der Waals surface area contributed by atoms with Crippen LogP contribution >= 0.6 is 0 Å². The van der Waals surface area contributed by atoms with Crippen LogP contribution in [-0.4, -0.2) is 44.3 Å². The molecule has 2 saturated heterocycles. The van der Waals surface area contributed by atoms with E-state index in [9.17, 15) is 13.6 Å². The number of carbonyl (C=O) groups excluding carboxylic acids is 1. The highest BCUT2D eigenvalue weighted by atomic mass is 19.1. The Kier molecular flexibility index (Phi) is 4.31. The van der Waals surface area contributed by atoms with E-state index in [1.165, 1.54) is 17.0 Å². The normalized spacial score (nSPS) is 30.1. The van der Waals surface area contributed by atoms with Crippen molar-refractivity contribution in [2.45, 2.75) is 18.1 Å². The largest absolute Gasteiger partial charge is 0.382 e. The Labute approximate surface area is 139 Å². The maximum Gasteiger partial charge on any atom is 0.233 e. The molecular formula is C17H20F2N2O3. The molecule has 1 aromatic rings. The molecule has 2 heterocycles. The number of rotatable bonds is 3. The van der Waals surface area contributed by atoms with Crippen molar-refractivity contribution in [3.05, 3.63) is 47.8 Å². The molecule has 0 spiro atoms. The van der Waals surface area contributed by atoms with Gasteiger partial charge in [-0.1, -0.05) is 12.6 Å². The van der Waals surface area contributed by atoms with Gasteiger partial charge in [-0.2, -0.15) is 0 Å². The van der Waals surface area contributed by atoms with E-state index in [2.05, 4.69) is 11.9 Å². The summed E-state index contributed by atoms with van der Waals surface area (Å²) < 4.78 is 38.7. The van der Waals surface area contributed by atoms with Gasteiger partial charge in [0, 0.05) is 25.8 Å². The Bertz CT molecular complexity index is 682. The molecule has 0 unspecified atom stereocenters. The zero-order chi connectivity index (χ0) is 17.5. The quantitative estimate of drug-likeness (QED) is 0.912. The molecule has 5 nitrogen and oxygen atoms in total. The number of fused-ring (bicyclic) bond motifs is 1. The topological polar surface area (TPSA) is 50.8 Å². The lowest BCUT2D eigenvalue weighted by molar-refractivity contribution is -0.157. The van der Waals surface area contributed by atoms with Gasteiger partial charge in [0.25, 0.3) is 0 Å². The van der Waals surface area contributed by atoms with E-state index in [4.69, 9.17) is 9.47 Å². The van der Waals surface area contributed by atoms with E-state index < -0.39 is 23.1 Å². The van der Waals surface area contributed by atoms with Gasteiger partial charge >= 0.3 is 0 Å². The van der Waals surface area contributed by atoms with Crippen molar-refractivity contribution in [2.24, 2.45) is 5.92 Å². The summed E-state index contributed by atoms with van der Waals surface area (Å²) in [5, 5.41) is 3.13. The summed E-state index contributed by atoms with van der Waals surface area (Å²) in [5.74, 6) is -1.77. The molecule has 1 N–H and O–H groups in total. The molecule has 1 aromatic carbocycles. The fourth-order valence-corrected chi connectivity index (χ4v) is 3.51. The van der Waals surface area contributed by atoms with Crippen molar-refractivity contribution in [1.29, 1.82) is 0 Å². The first kappa shape index (κ1) is 16.9. The van der Waals surface area contributed by atoms with E-state index in [1.807, 2.05) is 0 Å². The van der Waals surface area contributed by atoms with Gasteiger partial charge in [-0.05, 0) is 12.5 Å². The maximum absolute atomic E-state index is 14.5. The zero-order valence-corrected chi connectivity index (χ0v) is 13.6. The highest BCUT2D eigenvalue weighted by Gasteiger charge is 2.54. The fourth-order valence-electron chi connectivity index (χ4n) is 3.51. The maximum atomic E-state index is 14.5. The smallest absolute Gasteiger partial charge is 0.233 e. The van der Waals surface area contributed by atoms with Crippen LogP contribution in [0.1, 0.15) is 12.0 Å². The fraction of sp³-hybridized carbons (Fsp3) is 0.471. The third-order valence-electron chi connectivity index (χ3n) is 4.81. The summed E-state index contributed by atoms with van der Waals surface area (Å²) in [4.78, 5) is 14.2. The minimum absolute atomic E-state index is 0.0623. The predicted octanol–water partition coefficient (Wildman–Crippen LogP) is 1.74. The van der Waals surface area contributed by atoms with Gasteiger partial charge in [-0.3, -0.25) is 4.79 Å². The molecule has 2 aliphatic heterocycles. The van der Waals surface area contributed by atoms with Crippen LogP contribution in [0.15, 0.2) is 30.6 Å². The van der Waals surface area contributed by atoms with Crippen molar-refractivity contribution in [2.75, 3.05) is 27.4 Å². The lowest BCUT2D eigenvalue weighted by atomic mass is 9.71. The summed E-state index contributed by atoms with van der Waals surface area (Å²) in [6.45, 7) is 4.23. The van der Waals surface area contributed by atoms with E-state index in [0.29, 0.717) is 18.8 Å². The first-order valence-electron chi connectivity index (χ1n) is 7.70. The minimum atomic E-state index is -1.11. The average Bonchev–Trinajstić information content (AvgIpc) is 2.54. The van der Waals surface area contributed by atoms with Gasteiger partial charge in [0.2, 0.25) is 5.91 Å². The van der Waals surface area contributed by atoms with E-state index in [1.54, 1.807) is 14.2 Å².